The van der Waals surface area contributed by atoms with Crippen LogP contribution in [0.5, 0.6) is 5.75 Å². The van der Waals surface area contributed by atoms with Crippen LogP contribution in [-0.2, 0) is 5.75 Å². The first-order valence-electron chi connectivity index (χ1n) is 8.00. The van der Waals surface area contributed by atoms with Crippen molar-refractivity contribution >= 4 is 23.4 Å². The molecule has 0 aliphatic carbocycles. The summed E-state index contributed by atoms with van der Waals surface area (Å²) in [7, 11) is 1.63. The van der Waals surface area contributed by atoms with E-state index in [0.29, 0.717) is 39.0 Å². The van der Waals surface area contributed by atoms with Gasteiger partial charge in [-0.25, -0.2) is 4.98 Å². The van der Waals surface area contributed by atoms with Gasteiger partial charge < -0.3 is 9.26 Å². The Morgan fingerprint density at radius 2 is 1.93 bits per heavy atom. The topological polar surface area (TPSA) is 89.7 Å². The fourth-order valence-electron chi connectivity index (χ4n) is 2.37. The largest absolute Gasteiger partial charge is 0.497 e. The Bertz CT molecular complexity index is 1050. The number of H-pyrrole nitrogens is 1. The summed E-state index contributed by atoms with van der Waals surface area (Å²) in [5, 5.41) is 12.3. The molecule has 0 bridgehead atoms. The molecule has 7 nitrogen and oxygen atoms in total. The average Bonchev–Trinajstić information content (AvgIpc) is 3.36. The van der Waals surface area contributed by atoms with Gasteiger partial charge in [-0.2, -0.15) is 4.98 Å². The van der Waals surface area contributed by atoms with Crippen LogP contribution < -0.4 is 4.74 Å². The van der Waals surface area contributed by atoms with Crippen LogP contribution in [0.3, 0.4) is 0 Å². The number of benzene rings is 2. The van der Waals surface area contributed by atoms with Crippen LogP contribution in [0.2, 0.25) is 5.02 Å². The molecular formula is C18H14ClN5O2S. The zero-order valence-electron chi connectivity index (χ0n) is 14.2. The van der Waals surface area contributed by atoms with Crippen molar-refractivity contribution in [3.05, 3.63) is 59.4 Å². The van der Waals surface area contributed by atoms with Crippen LogP contribution in [0.4, 0.5) is 0 Å². The van der Waals surface area contributed by atoms with Crippen LogP contribution >= 0.6 is 23.4 Å². The van der Waals surface area contributed by atoms with Gasteiger partial charge in [-0.05, 0) is 36.4 Å². The highest BCUT2D eigenvalue weighted by molar-refractivity contribution is 7.98. The maximum Gasteiger partial charge on any atom is 0.259 e. The number of halogens is 1. The summed E-state index contributed by atoms with van der Waals surface area (Å²) >= 11 is 7.57. The number of aromatic amines is 1. The van der Waals surface area contributed by atoms with Crippen molar-refractivity contribution in [1.82, 2.24) is 25.3 Å². The lowest BCUT2D eigenvalue weighted by Gasteiger charge is -1.99. The Labute approximate surface area is 164 Å². The summed E-state index contributed by atoms with van der Waals surface area (Å²) in [5.74, 6) is 2.90. The molecular weight excluding hydrogens is 386 g/mol. The first-order chi connectivity index (χ1) is 13.2. The van der Waals surface area contributed by atoms with Crippen molar-refractivity contribution in [2.75, 3.05) is 7.11 Å². The minimum atomic E-state index is 0.394. The lowest BCUT2D eigenvalue weighted by atomic mass is 10.2. The third kappa shape index (κ3) is 3.96. The van der Waals surface area contributed by atoms with Gasteiger partial charge in [0.25, 0.3) is 5.89 Å². The molecule has 0 fully saturated rings. The second-order valence-electron chi connectivity index (χ2n) is 5.48. The average molecular weight is 400 g/mol. The smallest absolute Gasteiger partial charge is 0.259 e. The Morgan fingerprint density at radius 3 is 2.70 bits per heavy atom. The third-order valence-corrected chi connectivity index (χ3v) is 4.90. The quantitative estimate of drug-likeness (QED) is 0.478. The maximum atomic E-state index is 6.16. The van der Waals surface area contributed by atoms with Gasteiger partial charge in [0.1, 0.15) is 5.75 Å². The van der Waals surface area contributed by atoms with E-state index in [2.05, 4.69) is 25.3 Å². The molecule has 4 rings (SSSR count). The van der Waals surface area contributed by atoms with Crippen molar-refractivity contribution in [1.29, 1.82) is 0 Å². The molecule has 2 heterocycles. The minimum Gasteiger partial charge on any atom is -0.497 e. The molecule has 0 aliphatic heterocycles. The molecule has 136 valence electrons. The molecule has 0 aliphatic rings. The van der Waals surface area contributed by atoms with Crippen molar-refractivity contribution in [3.63, 3.8) is 0 Å². The molecule has 9 heteroatoms. The SMILES string of the molecule is COc1ccc(-c2nc(SCc3noc(-c4ccccc4Cl)n3)n[nH]2)cc1. The van der Waals surface area contributed by atoms with Crippen LogP contribution in [0, 0.1) is 0 Å². The standard InChI is InChI=1S/C18H14ClN5O2S/c1-25-12-8-6-11(7-9-12)16-21-18(23-22-16)27-10-15-20-17(26-24-15)13-4-2-3-5-14(13)19/h2-9H,10H2,1H3,(H,21,22,23). The Hall–Kier alpha value is -2.84. The zero-order chi connectivity index (χ0) is 18.6. The van der Waals surface area contributed by atoms with Crippen LogP contribution in [0.15, 0.2) is 58.2 Å². The molecule has 4 aromatic rings. The maximum absolute atomic E-state index is 6.16. The number of hydrogen-bond acceptors (Lipinski definition) is 7. The van der Waals surface area contributed by atoms with Crippen molar-refractivity contribution in [3.8, 4) is 28.6 Å². The van der Waals surface area contributed by atoms with Gasteiger partial charge in [0, 0.05) is 5.56 Å². The number of ether oxygens (including phenoxy) is 1. The molecule has 0 saturated carbocycles. The lowest BCUT2D eigenvalue weighted by Crippen LogP contribution is -1.86. The minimum absolute atomic E-state index is 0.394. The van der Waals surface area contributed by atoms with E-state index < -0.39 is 0 Å². The highest BCUT2D eigenvalue weighted by atomic mass is 35.5. The molecule has 2 aromatic carbocycles. The van der Waals surface area contributed by atoms with Crippen LogP contribution in [0.1, 0.15) is 5.82 Å². The summed E-state index contributed by atoms with van der Waals surface area (Å²) in [6.45, 7) is 0. The fourth-order valence-corrected chi connectivity index (χ4v) is 3.23. The monoisotopic (exact) mass is 399 g/mol. The summed E-state index contributed by atoms with van der Waals surface area (Å²) in [6.07, 6.45) is 0. The highest BCUT2D eigenvalue weighted by Crippen LogP contribution is 2.27. The van der Waals surface area contributed by atoms with E-state index in [4.69, 9.17) is 20.9 Å². The normalized spacial score (nSPS) is 10.9. The van der Waals surface area contributed by atoms with E-state index in [0.717, 1.165) is 11.3 Å². The Balaban J connectivity index is 1.42. The zero-order valence-corrected chi connectivity index (χ0v) is 15.8. The Kier molecular flexibility index (Phi) is 5.08. The number of aromatic nitrogens is 5. The summed E-state index contributed by atoms with van der Waals surface area (Å²) in [4.78, 5) is 8.86. The first-order valence-corrected chi connectivity index (χ1v) is 9.36. The van der Waals surface area contributed by atoms with Gasteiger partial charge >= 0.3 is 0 Å². The van der Waals surface area contributed by atoms with Gasteiger partial charge in [0.05, 0.1) is 23.4 Å². The predicted molar refractivity (Wildman–Crippen MR) is 103 cm³/mol. The van der Waals surface area contributed by atoms with E-state index >= 15 is 0 Å². The number of nitrogens with one attached hydrogen (secondary N) is 1. The van der Waals surface area contributed by atoms with E-state index in [-0.39, 0.29) is 0 Å². The molecule has 0 saturated heterocycles. The molecule has 0 unspecified atom stereocenters. The number of methoxy groups -OCH3 is 1. The molecule has 0 radical (unpaired) electrons. The van der Waals surface area contributed by atoms with Crippen molar-refractivity contribution in [2.45, 2.75) is 10.9 Å². The highest BCUT2D eigenvalue weighted by Gasteiger charge is 2.13. The van der Waals surface area contributed by atoms with E-state index in [1.165, 1.54) is 11.8 Å². The van der Waals surface area contributed by atoms with Crippen LogP contribution in [0.25, 0.3) is 22.8 Å². The number of rotatable bonds is 6. The molecule has 0 amide bonds. The molecule has 0 atom stereocenters. The summed E-state index contributed by atoms with van der Waals surface area (Å²) < 4.78 is 10.5. The van der Waals surface area contributed by atoms with Crippen LogP contribution in [-0.4, -0.2) is 32.4 Å². The van der Waals surface area contributed by atoms with E-state index in [1.54, 1.807) is 13.2 Å². The van der Waals surface area contributed by atoms with Crippen molar-refractivity contribution in [2.24, 2.45) is 0 Å². The lowest BCUT2D eigenvalue weighted by molar-refractivity contribution is 0.415. The first kappa shape index (κ1) is 17.6. The van der Waals surface area contributed by atoms with Gasteiger partial charge in [-0.1, -0.05) is 40.7 Å². The van der Waals surface area contributed by atoms with E-state index in [9.17, 15) is 0 Å². The van der Waals surface area contributed by atoms with Crippen molar-refractivity contribution < 1.29 is 9.26 Å². The number of thioether (sulfide) groups is 1. The van der Waals surface area contributed by atoms with E-state index in [1.807, 2.05) is 42.5 Å². The molecule has 27 heavy (non-hydrogen) atoms. The van der Waals surface area contributed by atoms with Gasteiger partial charge in [-0.15, -0.1) is 5.10 Å². The molecule has 0 spiro atoms. The number of nitrogens with zero attached hydrogens (tertiary/aromatic N) is 4. The van der Waals surface area contributed by atoms with Gasteiger partial charge in [0.2, 0.25) is 5.16 Å². The Morgan fingerprint density at radius 1 is 1.11 bits per heavy atom. The summed E-state index contributed by atoms with van der Waals surface area (Å²) in [5.41, 5.74) is 1.64. The predicted octanol–water partition coefficient (Wildman–Crippen LogP) is 4.48. The fraction of sp³-hybridized carbons (Fsp3) is 0.111. The van der Waals surface area contributed by atoms with Gasteiger partial charge in [0.15, 0.2) is 11.6 Å². The van der Waals surface area contributed by atoms with Gasteiger partial charge in [-0.3, -0.25) is 5.10 Å². The molecule has 2 aromatic heterocycles. The molecule has 1 N–H and O–H groups in total. The second kappa shape index (κ2) is 7.81. The third-order valence-electron chi connectivity index (χ3n) is 3.73. The second-order valence-corrected chi connectivity index (χ2v) is 6.83. The number of hydrogen-bond donors (Lipinski definition) is 1. The summed E-state index contributed by atoms with van der Waals surface area (Å²) in [6, 6.07) is 14.9.